The molecule has 1 aliphatic carbocycles. The van der Waals surface area contributed by atoms with Crippen molar-refractivity contribution in [1.29, 1.82) is 0 Å². The average molecular weight is 234 g/mol. The van der Waals surface area contributed by atoms with Gasteiger partial charge in [-0.25, -0.2) is 0 Å². The molecule has 2 rings (SSSR count). The zero-order valence-electron chi connectivity index (χ0n) is 10.5. The molecule has 94 valence electrons. The summed E-state index contributed by atoms with van der Waals surface area (Å²) in [5, 5.41) is 12.8. The molecule has 1 heterocycles. The summed E-state index contributed by atoms with van der Waals surface area (Å²) in [6, 6.07) is 2.04. The van der Waals surface area contributed by atoms with Crippen LogP contribution in [0.2, 0.25) is 0 Å². The zero-order valence-corrected chi connectivity index (χ0v) is 10.5. The van der Waals surface area contributed by atoms with E-state index in [0.717, 1.165) is 13.1 Å². The molecule has 0 saturated heterocycles. The first-order valence-electron chi connectivity index (χ1n) is 6.52. The van der Waals surface area contributed by atoms with Crippen LogP contribution >= 0.6 is 0 Å². The van der Waals surface area contributed by atoms with E-state index in [1.54, 1.807) is 0 Å². The molecule has 0 aliphatic heterocycles. The van der Waals surface area contributed by atoms with E-state index in [1.165, 1.54) is 30.4 Å². The van der Waals surface area contributed by atoms with Crippen molar-refractivity contribution in [3.8, 4) is 0 Å². The van der Waals surface area contributed by atoms with Crippen LogP contribution in [0.15, 0.2) is 18.5 Å². The summed E-state index contributed by atoms with van der Waals surface area (Å²) in [6.45, 7) is 4.36. The van der Waals surface area contributed by atoms with Gasteiger partial charge in [-0.2, -0.15) is 0 Å². The van der Waals surface area contributed by atoms with Crippen molar-refractivity contribution in [2.45, 2.75) is 32.7 Å². The van der Waals surface area contributed by atoms with Crippen molar-refractivity contribution >= 4 is 0 Å². The van der Waals surface area contributed by atoms with E-state index in [1.807, 2.05) is 18.5 Å². The molecule has 0 amide bonds. The SMILES string of the molecule is Cc1ccncc1CNCC1CCCC1CO. The lowest BCUT2D eigenvalue weighted by molar-refractivity contribution is 0.192. The fraction of sp³-hybridized carbons (Fsp3) is 0.643. The molecule has 3 nitrogen and oxygen atoms in total. The minimum atomic E-state index is 0.346. The summed E-state index contributed by atoms with van der Waals surface area (Å²) in [5.74, 6) is 1.16. The van der Waals surface area contributed by atoms with Gasteiger partial charge < -0.3 is 10.4 Å². The molecule has 2 unspecified atom stereocenters. The molecule has 2 N–H and O–H groups in total. The number of nitrogens with zero attached hydrogens (tertiary/aromatic N) is 1. The fourth-order valence-electron chi connectivity index (χ4n) is 2.70. The van der Waals surface area contributed by atoms with E-state index in [-0.39, 0.29) is 0 Å². The van der Waals surface area contributed by atoms with Crippen LogP contribution in [0.25, 0.3) is 0 Å². The van der Waals surface area contributed by atoms with Gasteiger partial charge in [0, 0.05) is 25.5 Å². The molecule has 17 heavy (non-hydrogen) atoms. The van der Waals surface area contributed by atoms with Crippen LogP contribution in [0, 0.1) is 18.8 Å². The number of nitrogens with one attached hydrogen (secondary N) is 1. The van der Waals surface area contributed by atoms with Crippen LogP contribution in [-0.4, -0.2) is 23.2 Å². The monoisotopic (exact) mass is 234 g/mol. The maximum Gasteiger partial charge on any atom is 0.0462 e. The molecular weight excluding hydrogens is 212 g/mol. The zero-order chi connectivity index (χ0) is 12.1. The number of hydrogen-bond donors (Lipinski definition) is 2. The summed E-state index contributed by atoms with van der Waals surface area (Å²) < 4.78 is 0. The normalized spacial score (nSPS) is 24.1. The second-order valence-electron chi connectivity index (χ2n) is 5.07. The third-order valence-electron chi connectivity index (χ3n) is 3.92. The first-order chi connectivity index (χ1) is 8.31. The molecular formula is C14H22N2O. The maximum absolute atomic E-state index is 9.26. The molecule has 1 aliphatic rings. The number of aryl methyl sites for hydroxylation is 1. The predicted molar refractivity (Wildman–Crippen MR) is 68.6 cm³/mol. The van der Waals surface area contributed by atoms with Gasteiger partial charge in [-0.3, -0.25) is 4.98 Å². The minimum Gasteiger partial charge on any atom is -0.396 e. The Morgan fingerprint density at radius 1 is 1.41 bits per heavy atom. The quantitative estimate of drug-likeness (QED) is 0.817. The van der Waals surface area contributed by atoms with E-state index in [2.05, 4.69) is 17.2 Å². The number of aromatic nitrogens is 1. The van der Waals surface area contributed by atoms with Crippen molar-refractivity contribution in [2.24, 2.45) is 11.8 Å². The Morgan fingerprint density at radius 3 is 3.00 bits per heavy atom. The molecule has 0 spiro atoms. The van der Waals surface area contributed by atoms with Crippen molar-refractivity contribution in [3.63, 3.8) is 0 Å². The lowest BCUT2D eigenvalue weighted by Crippen LogP contribution is -2.26. The van der Waals surface area contributed by atoms with Crippen LogP contribution in [-0.2, 0) is 6.54 Å². The fourth-order valence-corrected chi connectivity index (χ4v) is 2.70. The summed E-state index contributed by atoms with van der Waals surface area (Å²) in [7, 11) is 0. The first kappa shape index (κ1) is 12.5. The summed E-state index contributed by atoms with van der Waals surface area (Å²) >= 11 is 0. The van der Waals surface area contributed by atoms with E-state index in [9.17, 15) is 5.11 Å². The van der Waals surface area contributed by atoms with Gasteiger partial charge in [0.1, 0.15) is 0 Å². The van der Waals surface area contributed by atoms with E-state index in [0.29, 0.717) is 18.4 Å². The van der Waals surface area contributed by atoms with Crippen molar-refractivity contribution in [1.82, 2.24) is 10.3 Å². The highest BCUT2D eigenvalue weighted by molar-refractivity contribution is 5.20. The second kappa shape index (κ2) is 6.12. The Morgan fingerprint density at radius 2 is 2.24 bits per heavy atom. The lowest BCUT2D eigenvalue weighted by atomic mass is 9.97. The maximum atomic E-state index is 9.26. The number of hydrogen-bond acceptors (Lipinski definition) is 3. The Hall–Kier alpha value is -0.930. The Balaban J connectivity index is 1.78. The first-order valence-corrected chi connectivity index (χ1v) is 6.52. The van der Waals surface area contributed by atoms with Crippen LogP contribution < -0.4 is 5.32 Å². The molecule has 1 aromatic heterocycles. The molecule has 0 bridgehead atoms. The largest absolute Gasteiger partial charge is 0.396 e. The van der Waals surface area contributed by atoms with Gasteiger partial charge in [-0.05, 0) is 55.3 Å². The van der Waals surface area contributed by atoms with Gasteiger partial charge in [0.2, 0.25) is 0 Å². The standard InChI is InChI=1S/C14H22N2O/c1-11-5-6-15-8-14(11)9-16-7-12-3-2-4-13(12)10-17/h5-6,8,12-13,16-17H,2-4,7,9-10H2,1H3. The topological polar surface area (TPSA) is 45.2 Å². The van der Waals surface area contributed by atoms with Gasteiger partial charge in [0.05, 0.1) is 0 Å². The number of aliphatic hydroxyl groups excluding tert-OH is 1. The van der Waals surface area contributed by atoms with Crippen molar-refractivity contribution in [2.75, 3.05) is 13.2 Å². The molecule has 0 aromatic carbocycles. The highest BCUT2D eigenvalue weighted by atomic mass is 16.3. The molecule has 3 heteroatoms. The van der Waals surface area contributed by atoms with Crippen LogP contribution in [0.1, 0.15) is 30.4 Å². The van der Waals surface area contributed by atoms with Gasteiger partial charge >= 0.3 is 0 Å². The molecule has 1 aromatic rings. The highest BCUT2D eigenvalue weighted by Gasteiger charge is 2.25. The lowest BCUT2D eigenvalue weighted by Gasteiger charge is -2.18. The van der Waals surface area contributed by atoms with Gasteiger partial charge in [-0.15, -0.1) is 0 Å². The highest BCUT2D eigenvalue weighted by Crippen LogP contribution is 2.30. The number of rotatable bonds is 5. The number of pyridine rings is 1. The molecule has 1 saturated carbocycles. The molecule has 1 fully saturated rings. The number of aliphatic hydroxyl groups is 1. The second-order valence-corrected chi connectivity index (χ2v) is 5.07. The molecule has 2 atom stereocenters. The molecule has 0 radical (unpaired) electrons. The summed E-state index contributed by atoms with van der Waals surface area (Å²) in [4.78, 5) is 4.15. The van der Waals surface area contributed by atoms with Gasteiger partial charge in [0.25, 0.3) is 0 Å². The van der Waals surface area contributed by atoms with E-state index < -0.39 is 0 Å². The summed E-state index contributed by atoms with van der Waals surface area (Å²) in [5.41, 5.74) is 2.56. The Labute approximate surface area is 103 Å². The van der Waals surface area contributed by atoms with Crippen molar-refractivity contribution in [3.05, 3.63) is 29.6 Å². The minimum absolute atomic E-state index is 0.346. The Bertz CT molecular complexity index is 354. The van der Waals surface area contributed by atoms with Crippen LogP contribution in [0.3, 0.4) is 0 Å². The average Bonchev–Trinajstić information content (AvgIpc) is 2.79. The third kappa shape index (κ3) is 3.27. The van der Waals surface area contributed by atoms with E-state index in [4.69, 9.17) is 0 Å². The predicted octanol–water partition coefficient (Wildman–Crippen LogP) is 1.89. The van der Waals surface area contributed by atoms with E-state index >= 15 is 0 Å². The third-order valence-corrected chi connectivity index (χ3v) is 3.92. The van der Waals surface area contributed by atoms with Gasteiger partial charge in [0.15, 0.2) is 0 Å². The van der Waals surface area contributed by atoms with Gasteiger partial charge in [-0.1, -0.05) is 6.42 Å². The summed E-state index contributed by atoms with van der Waals surface area (Å²) in [6.07, 6.45) is 7.47. The Kier molecular flexibility index (Phi) is 4.51. The smallest absolute Gasteiger partial charge is 0.0462 e. The van der Waals surface area contributed by atoms with Crippen LogP contribution in [0.4, 0.5) is 0 Å². The van der Waals surface area contributed by atoms with Crippen LogP contribution in [0.5, 0.6) is 0 Å². The van der Waals surface area contributed by atoms with Crippen molar-refractivity contribution < 1.29 is 5.11 Å².